The predicted octanol–water partition coefficient (Wildman–Crippen LogP) is 3.61. The van der Waals surface area contributed by atoms with Gasteiger partial charge in [0.05, 0.1) is 0 Å². The molecule has 1 nitrogen and oxygen atoms in total. The lowest BCUT2D eigenvalue weighted by atomic mass is 10.0. The summed E-state index contributed by atoms with van der Waals surface area (Å²) in [5.41, 5.74) is 0. The summed E-state index contributed by atoms with van der Waals surface area (Å²) in [5.74, 6) is 1.37. The first-order valence-corrected chi connectivity index (χ1v) is 7.39. The molecule has 1 saturated heterocycles. The van der Waals surface area contributed by atoms with Crippen LogP contribution in [0.3, 0.4) is 0 Å². The van der Waals surface area contributed by atoms with Crippen molar-refractivity contribution in [3.05, 3.63) is 12.7 Å². The fraction of sp³-hybridized carbons (Fsp3) is 0.846. The van der Waals surface area contributed by atoms with Gasteiger partial charge in [-0.3, -0.25) is 0 Å². The van der Waals surface area contributed by atoms with Gasteiger partial charge < -0.3 is 5.32 Å². The van der Waals surface area contributed by atoms with Crippen LogP contribution in [0.15, 0.2) is 12.7 Å². The van der Waals surface area contributed by atoms with Gasteiger partial charge in [-0.25, -0.2) is 0 Å². The van der Waals surface area contributed by atoms with Gasteiger partial charge in [0, 0.05) is 11.3 Å². The van der Waals surface area contributed by atoms with E-state index in [0.29, 0.717) is 0 Å². The molecule has 1 fully saturated rings. The Balaban J connectivity index is 2.29. The van der Waals surface area contributed by atoms with Crippen LogP contribution in [0.4, 0.5) is 0 Å². The number of nitrogens with one attached hydrogen (secondary N) is 1. The highest BCUT2D eigenvalue weighted by atomic mass is 32.2. The molecule has 0 radical (unpaired) electrons. The maximum Gasteiger partial charge on any atom is 0.0201 e. The fourth-order valence-corrected chi connectivity index (χ4v) is 3.72. The Morgan fingerprint density at radius 2 is 2.40 bits per heavy atom. The Labute approximate surface area is 99.1 Å². The predicted molar refractivity (Wildman–Crippen MR) is 71.6 cm³/mol. The molecule has 1 aliphatic rings. The van der Waals surface area contributed by atoms with Crippen molar-refractivity contribution < 1.29 is 0 Å². The Morgan fingerprint density at radius 3 is 3.00 bits per heavy atom. The van der Waals surface area contributed by atoms with Gasteiger partial charge in [0.25, 0.3) is 0 Å². The van der Waals surface area contributed by atoms with Gasteiger partial charge in [-0.2, -0.15) is 11.8 Å². The molecule has 1 N–H and O–H groups in total. The summed E-state index contributed by atoms with van der Waals surface area (Å²) in [6, 6.07) is 0.736. The van der Waals surface area contributed by atoms with Crippen molar-refractivity contribution in [3.63, 3.8) is 0 Å². The van der Waals surface area contributed by atoms with Crippen LogP contribution in [0.25, 0.3) is 0 Å². The molecule has 1 rings (SSSR count). The van der Waals surface area contributed by atoms with Crippen LogP contribution in [-0.4, -0.2) is 23.6 Å². The van der Waals surface area contributed by atoms with E-state index in [1.807, 2.05) is 6.08 Å². The lowest BCUT2D eigenvalue weighted by Gasteiger charge is -2.30. The summed E-state index contributed by atoms with van der Waals surface area (Å²) < 4.78 is 0. The maximum atomic E-state index is 3.79. The average molecular weight is 227 g/mol. The largest absolute Gasteiger partial charge is 0.313 e. The molecule has 1 heterocycles. The average Bonchev–Trinajstić information content (AvgIpc) is 2.29. The smallest absolute Gasteiger partial charge is 0.0201 e. The van der Waals surface area contributed by atoms with Crippen molar-refractivity contribution in [1.82, 2.24) is 5.32 Å². The van der Waals surface area contributed by atoms with Gasteiger partial charge >= 0.3 is 0 Å². The molecule has 2 unspecified atom stereocenters. The molecule has 0 saturated carbocycles. The highest BCUT2D eigenvalue weighted by Gasteiger charge is 2.22. The summed E-state index contributed by atoms with van der Waals surface area (Å²) in [7, 11) is 0. The summed E-state index contributed by atoms with van der Waals surface area (Å²) in [6.07, 6.45) is 10.1. The molecule has 2 heteroatoms. The molecule has 0 amide bonds. The van der Waals surface area contributed by atoms with Crippen LogP contribution in [0.2, 0.25) is 0 Å². The van der Waals surface area contributed by atoms with Crippen molar-refractivity contribution in [2.24, 2.45) is 0 Å². The number of unbranched alkanes of at least 4 members (excludes halogenated alkanes) is 1. The van der Waals surface area contributed by atoms with Crippen LogP contribution < -0.4 is 5.32 Å². The van der Waals surface area contributed by atoms with Crippen LogP contribution in [-0.2, 0) is 0 Å². The Kier molecular flexibility index (Phi) is 7.20. The zero-order valence-electron chi connectivity index (χ0n) is 10.0. The van der Waals surface area contributed by atoms with Gasteiger partial charge in [-0.1, -0.05) is 19.4 Å². The number of hydrogen-bond donors (Lipinski definition) is 1. The summed E-state index contributed by atoms with van der Waals surface area (Å²) >= 11 is 2.18. The second-order valence-corrected chi connectivity index (χ2v) is 5.64. The number of thioether (sulfide) groups is 1. The monoisotopic (exact) mass is 227 g/mol. The molecule has 0 aromatic rings. The first-order valence-electron chi connectivity index (χ1n) is 6.34. The number of allylic oxidation sites excluding steroid dienone is 1. The minimum absolute atomic E-state index is 0.736. The summed E-state index contributed by atoms with van der Waals surface area (Å²) in [4.78, 5) is 0. The van der Waals surface area contributed by atoms with Crippen molar-refractivity contribution >= 4 is 11.8 Å². The summed E-state index contributed by atoms with van der Waals surface area (Å²) in [5, 5.41) is 4.52. The number of hydrogen-bond acceptors (Lipinski definition) is 2. The first kappa shape index (κ1) is 13.1. The summed E-state index contributed by atoms with van der Waals surface area (Å²) in [6.45, 7) is 7.11. The molecule has 15 heavy (non-hydrogen) atoms. The van der Waals surface area contributed by atoms with Gasteiger partial charge in [0.1, 0.15) is 0 Å². The third-order valence-corrected chi connectivity index (χ3v) is 4.57. The minimum Gasteiger partial charge on any atom is -0.313 e. The van der Waals surface area contributed by atoms with Gasteiger partial charge in [0.2, 0.25) is 0 Å². The normalized spacial score (nSPS) is 23.7. The van der Waals surface area contributed by atoms with Crippen molar-refractivity contribution in [1.29, 1.82) is 0 Å². The van der Waals surface area contributed by atoms with E-state index in [1.165, 1.54) is 44.3 Å². The highest BCUT2D eigenvalue weighted by molar-refractivity contribution is 8.00. The molecule has 1 aliphatic heterocycles. The van der Waals surface area contributed by atoms with Gasteiger partial charge in [-0.15, -0.1) is 6.58 Å². The van der Waals surface area contributed by atoms with Gasteiger partial charge in [0.15, 0.2) is 0 Å². The molecule has 2 atom stereocenters. The second-order valence-electron chi connectivity index (χ2n) is 4.29. The minimum atomic E-state index is 0.736. The third kappa shape index (κ3) is 5.07. The van der Waals surface area contributed by atoms with Gasteiger partial charge in [-0.05, 0) is 44.4 Å². The molecule has 0 aromatic heterocycles. The van der Waals surface area contributed by atoms with Crippen LogP contribution in [0.5, 0.6) is 0 Å². The zero-order chi connectivity index (χ0) is 10.9. The van der Waals surface area contributed by atoms with E-state index in [9.17, 15) is 0 Å². The van der Waals surface area contributed by atoms with E-state index in [-0.39, 0.29) is 0 Å². The van der Waals surface area contributed by atoms with Crippen LogP contribution in [0, 0.1) is 0 Å². The van der Waals surface area contributed by atoms with E-state index in [0.717, 1.165) is 17.8 Å². The number of rotatable bonds is 7. The van der Waals surface area contributed by atoms with E-state index in [1.54, 1.807) is 0 Å². The zero-order valence-corrected chi connectivity index (χ0v) is 10.8. The quantitative estimate of drug-likeness (QED) is 0.527. The molecular weight excluding hydrogens is 202 g/mol. The van der Waals surface area contributed by atoms with Crippen molar-refractivity contribution in [2.45, 2.75) is 56.7 Å². The molecule has 0 aliphatic carbocycles. The van der Waals surface area contributed by atoms with E-state index >= 15 is 0 Å². The Hall–Kier alpha value is 0.0500. The van der Waals surface area contributed by atoms with E-state index in [4.69, 9.17) is 0 Å². The molecule has 88 valence electrons. The van der Waals surface area contributed by atoms with Crippen LogP contribution >= 0.6 is 11.8 Å². The van der Waals surface area contributed by atoms with Crippen molar-refractivity contribution in [3.8, 4) is 0 Å². The Bertz CT molecular complexity index is 164. The van der Waals surface area contributed by atoms with E-state index < -0.39 is 0 Å². The SMILES string of the molecule is C=CCCCC(NCC)C1CCCCS1. The van der Waals surface area contributed by atoms with E-state index in [2.05, 4.69) is 30.6 Å². The lowest BCUT2D eigenvalue weighted by molar-refractivity contribution is 0.440. The first-order chi connectivity index (χ1) is 7.38. The third-order valence-electron chi connectivity index (χ3n) is 3.05. The molecular formula is C13H25NS. The fourth-order valence-electron chi connectivity index (χ4n) is 2.25. The Morgan fingerprint density at radius 1 is 1.53 bits per heavy atom. The lowest BCUT2D eigenvalue weighted by Crippen LogP contribution is -2.39. The molecule has 0 bridgehead atoms. The second kappa shape index (κ2) is 8.23. The highest BCUT2D eigenvalue weighted by Crippen LogP contribution is 2.29. The molecule has 0 aromatic carbocycles. The standard InChI is InChI=1S/C13H25NS/c1-3-5-6-9-12(14-4-2)13-10-7-8-11-15-13/h3,12-14H,1,4-11H2,2H3. The van der Waals surface area contributed by atoms with Crippen LogP contribution in [0.1, 0.15) is 45.4 Å². The van der Waals surface area contributed by atoms with Crippen molar-refractivity contribution in [2.75, 3.05) is 12.3 Å². The topological polar surface area (TPSA) is 12.0 Å². The maximum absolute atomic E-state index is 3.79. The molecule has 0 spiro atoms.